The fraction of sp³-hybridized carbons (Fsp3) is 0.200. The lowest BCUT2D eigenvalue weighted by atomic mass is 9.81. The molecule has 24 heavy (non-hydrogen) atoms. The lowest BCUT2D eigenvalue weighted by molar-refractivity contribution is 0.0905. The molecular weight excluding hydrogens is 300 g/mol. The maximum atomic E-state index is 13.0. The van der Waals surface area contributed by atoms with Crippen LogP contribution in [0.4, 0.5) is 4.79 Å². The van der Waals surface area contributed by atoms with Crippen molar-refractivity contribution in [3.8, 4) is 0 Å². The average molecular weight is 320 g/mol. The summed E-state index contributed by atoms with van der Waals surface area (Å²) in [6.07, 6.45) is 0. The Kier molecular flexibility index (Phi) is 4.21. The number of carbonyl (C=O) groups is 2. The number of Topliss-reactive ketones (excluding diaryl/α,β-unsaturated/α-hetero) is 1. The first-order chi connectivity index (χ1) is 11.5. The van der Waals surface area contributed by atoms with Crippen LogP contribution in [0.2, 0.25) is 0 Å². The molecule has 0 aliphatic carbocycles. The maximum Gasteiger partial charge on any atom is 0.319 e. The fourth-order valence-corrected chi connectivity index (χ4v) is 3.13. The standard InChI is InChI=1S/C20H20N2O2/c1-12-9-10-13(2)16(11-12)18-17(14(3)21-20(24)22-18)19(23)15-7-5-4-6-8-15/h4-11,17-18H,3H2,1-2H3,(H2,21,22,24)/t17-,18+/m1/s1. The van der Waals surface area contributed by atoms with Gasteiger partial charge in [-0.05, 0) is 25.0 Å². The first kappa shape index (κ1) is 16.0. The van der Waals surface area contributed by atoms with E-state index in [-0.39, 0.29) is 11.8 Å². The van der Waals surface area contributed by atoms with Crippen molar-refractivity contribution in [2.45, 2.75) is 19.9 Å². The molecule has 1 aliphatic heterocycles. The molecule has 4 nitrogen and oxygen atoms in total. The number of amides is 2. The Morgan fingerprint density at radius 2 is 1.79 bits per heavy atom. The van der Waals surface area contributed by atoms with Gasteiger partial charge >= 0.3 is 6.03 Å². The Hall–Kier alpha value is -2.88. The molecular formula is C20H20N2O2. The van der Waals surface area contributed by atoms with Crippen molar-refractivity contribution in [2.24, 2.45) is 5.92 Å². The molecule has 2 aromatic carbocycles. The first-order valence-corrected chi connectivity index (χ1v) is 7.90. The van der Waals surface area contributed by atoms with Gasteiger partial charge in [0, 0.05) is 11.3 Å². The number of hydrogen-bond donors (Lipinski definition) is 2. The molecule has 2 amide bonds. The molecule has 122 valence electrons. The Bertz CT molecular complexity index is 812. The zero-order valence-electron chi connectivity index (χ0n) is 13.8. The van der Waals surface area contributed by atoms with E-state index in [1.165, 1.54) is 0 Å². The second-order valence-electron chi connectivity index (χ2n) is 6.17. The highest BCUT2D eigenvalue weighted by molar-refractivity contribution is 6.01. The van der Waals surface area contributed by atoms with E-state index < -0.39 is 12.0 Å². The summed E-state index contributed by atoms with van der Waals surface area (Å²) in [5, 5.41) is 5.55. The van der Waals surface area contributed by atoms with Crippen LogP contribution >= 0.6 is 0 Å². The van der Waals surface area contributed by atoms with Crippen LogP contribution in [0.5, 0.6) is 0 Å². The van der Waals surface area contributed by atoms with Gasteiger partial charge < -0.3 is 10.6 Å². The van der Waals surface area contributed by atoms with Crippen LogP contribution in [0.1, 0.15) is 33.1 Å². The summed E-state index contributed by atoms with van der Waals surface area (Å²) in [5.41, 5.74) is 4.10. The van der Waals surface area contributed by atoms with E-state index in [0.29, 0.717) is 11.3 Å². The Morgan fingerprint density at radius 3 is 2.50 bits per heavy atom. The number of rotatable bonds is 3. The zero-order chi connectivity index (χ0) is 17.3. The van der Waals surface area contributed by atoms with Crippen molar-refractivity contribution >= 4 is 11.8 Å². The van der Waals surface area contributed by atoms with Gasteiger partial charge in [0.05, 0.1) is 12.0 Å². The molecule has 0 radical (unpaired) electrons. The van der Waals surface area contributed by atoms with E-state index in [4.69, 9.17) is 0 Å². The average Bonchev–Trinajstić information content (AvgIpc) is 2.56. The molecule has 4 heteroatoms. The van der Waals surface area contributed by atoms with Crippen molar-refractivity contribution in [1.29, 1.82) is 0 Å². The number of hydrogen-bond acceptors (Lipinski definition) is 2. The van der Waals surface area contributed by atoms with E-state index in [1.54, 1.807) is 12.1 Å². The van der Waals surface area contributed by atoms with Gasteiger partial charge in [0.2, 0.25) is 0 Å². The topological polar surface area (TPSA) is 58.2 Å². The van der Waals surface area contributed by atoms with E-state index in [1.807, 2.05) is 50.2 Å². The second-order valence-corrected chi connectivity index (χ2v) is 6.17. The Labute approximate surface area is 141 Å². The highest BCUT2D eigenvalue weighted by Gasteiger charge is 2.38. The van der Waals surface area contributed by atoms with E-state index in [0.717, 1.165) is 16.7 Å². The monoisotopic (exact) mass is 320 g/mol. The van der Waals surface area contributed by atoms with Gasteiger partial charge in [-0.1, -0.05) is 60.7 Å². The third-order valence-corrected chi connectivity index (χ3v) is 4.38. The highest BCUT2D eigenvalue weighted by atomic mass is 16.2. The Morgan fingerprint density at radius 1 is 1.08 bits per heavy atom. The molecule has 0 saturated carbocycles. The predicted molar refractivity (Wildman–Crippen MR) is 93.7 cm³/mol. The normalized spacial score (nSPS) is 20.2. The van der Waals surface area contributed by atoms with E-state index in [2.05, 4.69) is 17.2 Å². The maximum absolute atomic E-state index is 13.0. The number of carbonyl (C=O) groups excluding carboxylic acids is 2. The molecule has 1 fully saturated rings. The van der Waals surface area contributed by atoms with E-state index in [9.17, 15) is 9.59 Å². The molecule has 3 rings (SSSR count). The Balaban J connectivity index is 2.06. The molecule has 2 atom stereocenters. The van der Waals surface area contributed by atoms with Gasteiger partial charge in [0.1, 0.15) is 0 Å². The summed E-state index contributed by atoms with van der Waals surface area (Å²) in [7, 11) is 0. The summed E-state index contributed by atoms with van der Waals surface area (Å²) in [6.45, 7) is 7.90. The van der Waals surface area contributed by atoms with Crippen LogP contribution in [-0.4, -0.2) is 11.8 Å². The zero-order valence-corrected chi connectivity index (χ0v) is 13.8. The molecule has 0 bridgehead atoms. The molecule has 2 aromatic rings. The molecule has 1 heterocycles. The minimum absolute atomic E-state index is 0.0565. The summed E-state index contributed by atoms with van der Waals surface area (Å²) in [6, 6.07) is 14.4. The highest BCUT2D eigenvalue weighted by Crippen LogP contribution is 2.34. The van der Waals surface area contributed by atoms with Gasteiger partial charge in [0.25, 0.3) is 0 Å². The minimum Gasteiger partial charge on any atom is -0.330 e. The lowest BCUT2D eigenvalue weighted by Crippen LogP contribution is -2.50. The number of aryl methyl sites for hydroxylation is 2. The number of nitrogens with one attached hydrogen (secondary N) is 2. The molecule has 1 saturated heterocycles. The molecule has 0 aromatic heterocycles. The van der Waals surface area contributed by atoms with Crippen LogP contribution < -0.4 is 10.6 Å². The third kappa shape index (κ3) is 2.95. The van der Waals surface area contributed by atoms with Crippen molar-refractivity contribution in [3.63, 3.8) is 0 Å². The van der Waals surface area contributed by atoms with Crippen molar-refractivity contribution in [1.82, 2.24) is 10.6 Å². The van der Waals surface area contributed by atoms with Crippen LogP contribution in [0, 0.1) is 19.8 Å². The summed E-state index contributed by atoms with van der Waals surface area (Å²) in [5.74, 6) is -0.607. The molecule has 2 N–H and O–H groups in total. The SMILES string of the molecule is C=C1NC(=O)N[C@@H](c2cc(C)ccc2C)[C@@H]1C(=O)c1ccccc1. The van der Waals surface area contributed by atoms with Crippen molar-refractivity contribution < 1.29 is 9.59 Å². The first-order valence-electron chi connectivity index (χ1n) is 7.90. The smallest absolute Gasteiger partial charge is 0.319 e. The fourth-order valence-electron chi connectivity index (χ4n) is 3.13. The largest absolute Gasteiger partial charge is 0.330 e. The van der Waals surface area contributed by atoms with Crippen LogP contribution in [-0.2, 0) is 0 Å². The van der Waals surface area contributed by atoms with E-state index >= 15 is 0 Å². The van der Waals surface area contributed by atoms with Gasteiger partial charge in [-0.25, -0.2) is 4.79 Å². The lowest BCUT2D eigenvalue weighted by Gasteiger charge is -2.34. The third-order valence-electron chi connectivity index (χ3n) is 4.38. The quantitative estimate of drug-likeness (QED) is 0.848. The van der Waals surface area contributed by atoms with Crippen molar-refractivity contribution in [3.05, 3.63) is 83.1 Å². The van der Waals surface area contributed by atoms with Gasteiger partial charge in [-0.2, -0.15) is 0 Å². The van der Waals surface area contributed by atoms with Crippen LogP contribution in [0.25, 0.3) is 0 Å². The van der Waals surface area contributed by atoms with Crippen LogP contribution in [0.15, 0.2) is 60.8 Å². The molecule has 1 aliphatic rings. The summed E-state index contributed by atoms with van der Waals surface area (Å²) in [4.78, 5) is 25.0. The summed E-state index contributed by atoms with van der Waals surface area (Å²) < 4.78 is 0. The van der Waals surface area contributed by atoms with Gasteiger partial charge in [-0.3, -0.25) is 4.79 Å². The number of ketones is 1. The molecule has 0 spiro atoms. The van der Waals surface area contributed by atoms with Crippen molar-refractivity contribution in [2.75, 3.05) is 0 Å². The van der Waals surface area contributed by atoms with Gasteiger partial charge in [-0.15, -0.1) is 0 Å². The van der Waals surface area contributed by atoms with Gasteiger partial charge in [0.15, 0.2) is 5.78 Å². The van der Waals surface area contributed by atoms with Crippen LogP contribution in [0.3, 0.4) is 0 Å². The molecule has 0 unspecified atom stereocenters. The summed E-state index contributed by atoms with van der Waals surface area (Å²) >= 11 is 0. The second kappa shape index (κ2) is 6.32. The predicted octanol–water partition coefficient (Wildman–Crippen LogP) is 3.67. The number of benzene rings is 2. The number of urea groups is 1. The minimum atomic E-state index is -0.550.